The Kier molecular flexibility index (Phi) is 5.51. The Morgan fingerprint density at radius 3 is 2.39 bits per heavy atom. The van der Waals surface area contributed by atoms with E-state index in [1.807, 2.05) is 36.4 Å². The lowest BCUT2D eigenvalue weighted by Crippen LogP contribution is -2.34. The quantitative estimate of drug-likeness (QED) is 0.496. The van der Waals surface area contributed by atoms with Crippen molar-refractivity contribution in [3.63, 3.8) is 0 Å². The third kappa shape index (κ3) is 4.37. The first-order chi connectivity index (χ1) is 15.3. The van der Waals surface area contributed by atoms with Gasteiger partial charge >= 0.3 is 0 Å². The van der Waals surface area contributed by atoms with Crippen LogP contribution in [0.4, 0.5) is 0 Å². The molecule has 1 heterocycles. The smallest absolute Gasteiger partial charge is 0.159 e. The number of hydrogen-bond donors (Lipinski definition) is 1. The van der Waals surface area contributed by atoms with Gasteiger partial charge in [0.05, 0.1) is 0 Å². The van der Waals surface area contributed by atoms with Gasteiger partial charge in [-0.05, 0) is 47.2 Å². The van der Waals surface area contributed by atoms with E-state index in [-0.39, 0.29) is 6.17 Å². The van der Waals surface area contributed by atoms with E-state index >= 15 is 0 Å². The maximum Gasteiger partial charge on any atom is 0.159 e. The van der Waals surface area contributed by atoms with Crippen LogP contribution in [0.5, 0.6) is 0 Å². The van der Waals surface area contributed by atoms with Crippen molar-refractivity contribution in [3.05, 3.63) is 119 Å². The first-order valence-electron chi connectivity index (χ1n) is 10.5. The van der Waals surface area contributed by atoms with Crippen molar-refractivity contribution in [2.45, 2.75) is 19.0 Å². The zero-order valence-electron chi connectivity index (χ0n) is 17.0. The molecule has 5 rings (SSSR count). The lowest BCUT2D eigenvalue weighted by atomic mass is 10.0. The van der Waals surface area contributed by atoms with Crippen LogP contribution >= 0.6 is 11.6 Å². The van der Waals surface area contributed by atoms with Crippen molar-refractivity contribution in [2.75, 3.05) is 0 Å². The highest BCUT2D eigenvalue weighted by Gasteiger charge is 2.22. The number of nitrogens with zero attached hydrogens (tertiary/aromatic N) is 2. The minimum absolute atomic E-state index is 0.164. The van der Waals surface area contributed by atoms with Gasteiger partial charge in [-0.3, -0.25) is 0 Å². The number of halogens is 1. The molecule has 1 aliphatic heterocycles. The van der Waals surface area contributed by atoms with Gasteiger partial charge in [-0.2, -0.15) is 0 Å². The van der Waals surface area contributed by atoms with Crippen molar-refractivity contribution in [1.29, 1.82) is 0 Å². The molecule has 0 spiro atoms. The number of aliphatic imine (C=N–C) groups is 2. The minimum atomic E-state index is -0.164. The van der Waals surface area contributed by atoms with E-state index in [0.717, 1.165) is 51.8 Å². The van der Waals surface area contributed by atoms with Crippen molar-refractivity contribution < 1.29 is 0 Å². The van der Waals surface area contributed by atoms with Crippen LogP contribution in [0.15, 0.2) is 113 Å². The molecule has 0 aromatic heterocycles. The van der Waals surface area contributed by atoms with Crippen molar-refractivity contribution in [3.8, 4) is 11.1 Å². The van der Waals surface area contributed by atoms with Crippen molar-refractivity contribution in [2.24, 2.45) is 9.98 Å². The number of hydrogen-bond acceptors (Lipinski definition) is 3. The summed E-state index contributed by atoms with van der Waals surface area (Å²) in [5.74, 6) is 1.65. The van der Waals surface area contributed by atoms with E-state index in [0.29, 0.717) is 0 Å². The van der Waals surface area contributed by atoms with Crippen LogP contribution in [0.2, 0.25) is 5.02 Å². The summed E-state index contributed by atoms with van der Waals surface area (Å²) in [7, 11) is 0. The molecule has 4 heteroatoms. The van der Waals surface area contributed by atoms with Crippen LogP contribution in [0.1, 0.15) is 30.1 Å². The summed E-state index contributed by atoms with van der Waals surface area (Å²) in [4.78, 5) is 9.84. The Balaban J connectivity index is 1.51. The monoisotopic (exact) mass is 423 g/mol. The number of rotatable bonds is 4. The lowest BCUT2D eigenvalue weighted by molar-refractivity contribution is 0.671. The van der Waals surface area contributed by atoms with Crippen LogP contribution in [-0.2, 0) is 0 Å². The van der Waals surface area contributed by atoms with Crippen LogP contribution in [-0.4, -0.2) is 11.7 Å². The van der Waals surface area contributed by atoms with Gasteiger partial charge in [-0.1, -0.05) is 96.6 Å². The molecule has 1 aliphatic carbocycles. The Labute approximate surface area is 187 Å². The molecule has 1 N–H and O–H groups in total. The molecule has 3 nitrogen and oxygen atoms in total. The molecule has 31 heavy (non-hydrogen) atoms. The minimum Gasteiger partial charge on any atom is -0.344 e. The fourth-order valence-electron chi connectivity index (χ4n) is 3.83. The van der Waals surface area contributed by atoms with Gasteiger partial charge in [-0.15, -0.1) is 0 Å². The zero-order valence-corrected chi connectivity index (χ0v) is 17.8. The van der Waals surface area contributed by atoms with Gasteiger partial charge in [0.2, 0.25) is 0 Å². The van der Waals surface area contributed by atoms with Gasteiger partial charge in [0.15, 0.2) is 5.84 Å². The molecule has 0 bridgehead atoms. The highest BCUT2D eigenvalue weighted by molar-refractivity contribution is 6.30. The molecular formula is C27H22ClN3. The molecule has 0 amide bonds. The third-order valence-electron chi connectivity index (χ3n) is 5.48. The second-order valence-electron chi connectivity index (χ2n) is 7.62. The molecule has 3 aromatic carbocycles. The highest BCUT2D eigenvalue weighted by Crippen LogP contribution is 2.26. The van der Waals surface area contributed by atoms with E-state index in [4.69, 9.17) is 21.6 Å². The van der Waals surface area contributed by atoms with Gasteiger partial charge in [0, 0.05) is 10.6 Å². The maximum atomic E-state index is 6.16. The number of allylic oxidation sites excluding steroid dienone is 3. The Morgan fingerprint density at radius 2 is 1.65 bits per heavy atom. The second-order valence-corrected chi connectivity index (χ2v) is 8.05. The number of benzene rings is 3. The van der Waals surface area contributed by atoms with Crippen molar-refractivity contribution in [1.82, 2.24) is 5.32 Å². The number of nitrogens with one attached hydrogen (secondary N) is 1. The molecule has 0 saturated carbocycles. The topological polar surface area (TPSA) is 36.8 Å². The standard InChI is InChI=1S/C27H22ClN3/c28-24-13-7-12-23(18-24)19-14-16-22(17-15-19)27-30-25(20-8-3-1-4-9-20)29-26(31-27)21-10-5-2-6-11-21/h1-5,7-10,12-18,25H,6,11H2,(H,29,30,31). The summed E-state index contributed by atoms with van der Waals surface area (Å²) in [6.07, 6.45) is 8.27. The van der Waals surface area contributed by atoms with Crippen LogP contribution < -0.4 is 5.32 Å². The van der Waals surface area contributed by atoms with E-state index in [9.17, 15) is 0 Å². The van der Waals surface area contributed by atoms with Crippen LogP contribution in [0.3, 0.4) is 0 Å². The highest BCUT2D eigenvalue weighted by atomic mass is 35.5. The van der Waals surface area contributed by atoms with Crippen molar-refractivity contribution >= 4 is 23.3 Å². The number of amidine groups is 2. The van der Waals surface area contributed by atoms with E-state index in [1.54, 1.807) is 0 Å². The third-order valence-corrected chi connectivity index (χ3v) is 5.71. The first-order valence-corrected chi connectivity index (χ1v) is 10.8. The summed E-state index contributed by atoms with van der Waals surface area (Å²) in [6.45, 7) is 0. The van der Waals surface area contributed by atoms with Crippen LogP contribution in [0, 0.1) is 0 Å². The average Bonchev–Trinajstić information content (AvgIpc) is 2.85. The fraction of sp³-hybridized carbons (Fsp3) is 0.111. The van der Waals surface area contributed by atoms with Gasteiger partial charge in [0.25, 0.3) is 0 Å². The van der Waals surface area contributed by atoms with Gasteiger partial charge < -0.3 is 5.32 Å². The summed E-state index contributed by atoms with van der Waals surface area (Å²) in [5, 5.41) is 4.26. The van der Waals surface area contributed by atoms with E-state index < -0.39 is 0 Å². The molecule has 1 unspecified atom stereocenters. The molecule has 152 valence electrons. The summed E-state index contributed by atoms with van der Waals surface area (Å²) >= 11 is 6.16. The summed E-state index contributed by atoms with van der Waals surface area (Å²) in [6, 6.07) is 26.6. The summed E-state index contributed by atoms with van der Waals surface area (Å²) < 4.78 is 0. The molecular weight excluding hydrogens is 402 g/mol. The molecule has 2 aliphatic rings. The van der Waals surface area contributed by atoms with Gasteiger partial charge in [0.1, 0.15) is 12.0 Å². The second kappa shape index (κ2) is 8.75. The first kappa shape index (κ1) is 19.5. The SMILES string of the molecule is Clc1cccc(-c2ccc(C3=NC(c4ccccc4)NC(C4=CC=CCC4)=N3)cc2)c1. The maximum absolute atomic E-state index is 6.16. The Bertz CT molecular complexity index is 1200. The Morgan fingerprint density at radius 1 is 0.839 bits per heavy atom. The summed E-state index contributed by atoms with van der Waals surface area (Å²) in [5.41, 5.74) is 5.54. The molecule has 0 saturated heterocycles. The molecule has 3 aromatic rings. The van der Waals surface area contributed by atoms with E-state index in [2.05, 4.69) is 66.0 Å². The Hall–Kier alpha value is -3.43. The average molecular weight is 424 g/mol. The largest absolute Gasteiger partial charge is 0.344 e. The molecule has 0 fully saturated rings. The predicted molar refractivity (Wildman–Crippen MR) is 130 cm³/mol. The predicted octanol–water partition coefficient (Wildman–Crippen LogP) is 6.73. The molecule has 1 atom stereocenters. The normalized spacial score (nSPS) is 18.0. The van der Waals surface area contributed by atoms with Gasteiger partial charge in [-0.25, -0.2) is 9.98 Å². The van der Waals surface area contributed by atoms with Crippen LogP contribution in [0.25, 0.3) is 11.1 Å². The van der Waals surface area contributed by atoms with E-state index in [1.165, 1.54) is 5.57 Å². The lowest BCUT2D eigenvalue weighted by Gasteiger charge is -2.25. The zero-order chi connectivity index (χ0) is 21.0. The fourth-order valence-corrected chi connectivity index (χ4v) is 4.02. The molecule has 0 radical (unpaired) electrons.